The van der Waals surface area contributed by atoms with Crippen molar-refractivity contribution in [3.05, 3.63) is 66.1 Å². The molecule has 1 aliphatic heterocycles. The van der Waals surface area contributed by atoms with E-state index in [1.54, 1.807) is 0 Å². The fraction of sp³-hybridized carbons (Fsp3) is 0.385. The molecule has 166 valence electrons. The van der Waals surface area contributed by atoms with Crippen molar-refractivity contribution in [2.24, 2.45) is 5.92 Å². The zero-order valence-electron chi connectivity index (χ0n) is 18.5. The summed E-state index contributed by atoms with van der Waals surface area (Å²) in [6, 6.07) is 16.4. The maximum Gasteiger partial charge on any atom is 0.136 e. The molecule has 3 heterocycles. The Morgan fingerprint density at radius 2 is 1.88 bits per heavy atom. The van der Waals surface area contributed by atoms with Crippen molar-refractivity contribution in [2.75, 3.05) is 19.8 Å². The summed E-state index contributed by atoms with van der Waals surface area (Å²) in [5, 5.41) is 1.09. The number of fused-ring (bicyclic) bond motifs is 3. The highest BCUT2D eigenvalue weighted by Crippen LogP contribution is 2.30. The summed E-state index contributed by atoms with van der Waals surface area (Å²) >= 11 is 0. The molecule has 0 N–H and O–H groups in total. The highest BCUT2D eigenvalue weighted by atomic mass is 16.5. The average Bonchev–Trinajstić information content (AvgIpc) is 3.20. The minimum Gasteiger partial charge on any atom is -0.489 e. The first-order valence-electron chi connectivity index (χ1n) is 11.4. The number of rotatable bonds is 8. The Morgan fingerprint density at radius 1 is 1.03 bits per heavy atom. The molecule has 0 spiro atoms. The molecule has 0 bridgehead atoms. The van der Waals surface area contributed by atoms with Crippen LogP contribution >= 0.6 is 0 Å². The van der Waals surface area contributed by atoms with Crippen LogP contribution in [0.2, 0.25) is 0 Å². The number of pyridine rings is 1. The van der Waals surface area contributed by atoms with E-state index in [0.29, 0.717) is 25.7 Å². The zero-order valence-corrected chi connectivity index (χ0v) is 18.5. The Hall–Kier alpha value is -2.96. The first-order valence-corrected chi connectivity index (χ1v) is 11.4. The van der Waals surface area contributed by atoms with Gasteiger partial charge in [-0.15, -0.1) is 0 Å². The van der Waals surface area contributed by atoms with Crippen molar-refractivity contribution in [1.82, 2.24) is 14.5 Å². The van der Waals surface area contributed by atoms with Crippen molar-refractivity contribution in [2.45, 2.75) is 39.5 Å². The monoisotopic (exact) mass is 431 g/mol. The molecular weight excluding hydrogens is 402 g/mol. The fourth-order valence-electron chi connectivity index (χ4n) is 4.36. The standard InChI is InChI=1S/C26H29N3O3/c1-2-30-18-25-28-24-15-27-23-14-21(32-17-20-6-4-3-5-7-20)8-9-22(23)26(24)29(25)16-19-10-12-31-13-11-19/h3-9,14-15,19H,2,10-13,16-18H2,1H3. The van der Waals surface area contributed by atoms with Crippen LogP contribution in [0.1, 0.15) is 31.2 Å². The van der Waals surface area contributed by atoms with Gasteiger partial charge in [0.2, 0.25) is 0 Å². The van der Waals surface area contributed by atoms with Crippen LogP contribution in [0.15, 0.2) is 54.7 Å². The maximum absolute atomic E-state index is 6.03. The van der Waals surface area contributed by atoms with E-state index >= 15 is 0 Å². The second-order valence-electron chi connectivity index (χ2n) is 8.28. The molecule has 1 saturated heterocycles. The molecule has 0 saturated carbocycles. The van der Waals surface area contributed by atoms with E-state index in [1.165, 1.54) is 0 Å². The van der Waals surface area contributed by atoms with Crippen LogP contribution < -0.4 is 4.74 Å². The normalized spacial score (nSPS) is 14.9. The van der Waals surface area contributed by atoms with Crippen molar-refractivity contribution >= 4 is 21.9 Å². The molecule has 2 aromatic carbocycles. The Bertz CT molecular complexity index is 1180. The second-order valence-corrected chi connectivity index (χ2v) is 8.28. The lowest BCUT2D eigenvalue weighted by Gasteiger charge is -2.23. The van der Waals surface area contributed by atoms with Gasteiger partial charge in [0.1, 0.15) is 30.3 Å². The lowest BCUT2D eigenvalue weighted by Crippen LogP contribution is -2.21. The molecule has 0 radical (unpaired) electrons. The first-order chi connectivity index (χ1) is 15.8. The van der Waals surface area contributed by atoms with Crippen molar-refractivity contribution in [1.29, 1.82) is 0 Å². The predicted octanol–water partition coefficient (Wildman–Crippen LogP) is 5.13. The number of hydrogen-bond donors (Lipinski definition) is 0. The Kier molecular flexibility index (Phi) is 6.32. The summed E-state index contributed by atoms with van der Waals surface area (Å²) < 4.78 is 19.7. The van der Waals surface area contributed by atoms with Gasteiger partial charge in [-0.3, -0.25) is 4.98 Å². The Morgan fingerprint density at radius 3 is 2.69 bits per heavy atom. The van der Waals surface area contributed by atoms with Gasteiger partial charge in [0.05, 0.1) is 17.2 Å². The molecule has 0 amide bonds. The van der Waals surface area contributed by atoms with Crippen LogP contribution in [0.3, 0.4) is 0 Å². The first kappa shape index (κ1) is 20.9. The van der Waals surface area contributed by atoms with Crippen molar-refractivity contribution in [3.8, 4) is 5.75 Å². The number of imidazole rings is 1. The average molecular weight is 432 g/mol. The van der Waals surface area contributed by atoms with E-state index in [9.17, 15) is 0 Å². The third-order valence-corrected chi connectivity index (χ3v) is 6.09. The molecule has 0 unspecified atom stereocenters. The SMILES string of the molecule is CCOCc1nc2cnc3cc(OCc4ccccc4)ccc3c2n1CC1CCOCC1. The van der Waals surface area contributed by atoms with Crippen LogP contribution in [0, 0.1) is 5.92 Å². The summed E-state index contributed by atoms with van der Waals surface area (Å²) in [5.41, 5.74) is 4.10. The molecule has 6 heteroatoms. The van der Waals surface area contributed by atoms with E-state index in [1.807, 2.05) is 43.5 Å². The molecule has 4 aromatic rings. The van der Waals surface area contributed by atoms with Crippen LogP contribution in [0.25, 0.3) is 21.9 Å². The van der Waals surface area contributed by atoms with Crippen LogP contribution in [-0.2, 0) is 29.2 Å². The molecule has 1 aliphatic rings. The molecule has 1 fully saturated rings. The van der Waals surface area contributed by atoms with E-state index in [-0.39, 0.29) is 0 Å². The third-order valence-electron chi connectivity index (χ3n) is 6.09. The van der Waals surface area contributed by atoms with Gasteiger partial charge >= 0.3 is 0 Å². The van der Waals surface area contributed by atoms with Gasteiger partial charge in [0.25, 0.3) is 0 Å². The topological polar surface area (TPSA) is 58.4 Å². The highest BCUT2D eigenvalue weighted by Gasteiger charge is 2.20. The molecule has 32 heavy (non-hydrogen) atoms. The smallest absolute Gasteiger partial charge is 0.136 e. The van der Waals surface area contributed by atoms with Gasteiger partial charge in [-0.2, -0.15) is 0 Å². The summed E-state index contributed by atoms with van der Waals surface area (Å²) in [6.07, 6.45) is 4.02. The highest BCUT2D eigenvalue weighted by molar-refractivity contribution is 6.02. The fourth-order valence-corrected chi connectivity index (χ4v) is 4.36. The lowest BCUT2D eigenvalue weighted by molar-refractivity contribution is 0.0602. The number of aromatic nitrogens is 3. The van der Waals surface area contributed by atoms with Gasteiger partial charge in [-0.05, 0) is 43.4 Å². The maximum atomic E-state index is 6.03. The summed E-state index contributed by atoms with van der Waals surface area (Å²) in [5.74, 6) is 2.36. The largest absolute Gasteiger partial charge is 0.489 e. The van der Waals surface area contributed by atoms with Crippen LogP contribution in [0.5, 0.6) is 5.75 Å². The number of ether oxygens (including phenoxy) is 3. The molecule has 6 nitrogen and oxygen atoms in total. The Balaban J connectivity index is 1.49. The quantitative estimate of drug-likeness (QED) is 0.387. The minimum absolute atomic E-state index is 0.508. The van der Waals surface area contributed by atoms with Gasteiger partial charge in [0.15, 0.2) is 0 Å². The number of benzene rings is 2. The minimum atomic E-state index is 0.508. The Labute approximate surface area is 188 Å². The van der Waals surface area contributed by atoms with E-state index < -0.39 is 0 Å². The van der Waals surface area contributed by atoms with Gasteiger partial charge in [-0.1, -0.05) is 30.3 Å². The lowest BCUT2D eigenvalue weighted by atomic mass is 10.00. The molecular formula is C26H29N3O3. The zero-order chi connectivity index (χ0) is 21.8. The van der Waals surface area contributed by atoms with E-state index in [4.69, 9.17) is 19.2 Å². The van der Waals surface area contributed by atoms with Gasteiger partial charge < -0.3 is 18.8 Å². The van der Waals surface area contributed by atoms with Gasteiger partial charge in [0, 0.05) is 37.8 Å². The molecule has 2 aromatic heterocycles. The van der Waals surface area contributed by atoms with Gasteiger partial charge in [-0.25, -0.2) is 4.98 Å². The second kappa shape index (κ2) is 9.67. The van der Waals surface area contributed by atoms with Crippen molar-refractivity contribution in [3.63, 3.8) is 0 Å². The predicted molar refractivity (Wildman–Crippen MR) is 125 cm³/mol. The molecule has 0 atom stereocenters. The van der Waals surface area contributed by atoms with E-state index in [0.717, 1.165) is 71.7 Å². The summed E-state index contributed by atoms with van der Waals surface area (Å²) in [7, 11) is 0. The summed E-state index contributed by atoms with van der Waals surface area (Å²) in [6.45, 7) is 6.32. The van der Waals surface area contributed by atoms with E-state index in [2.05, 4.69) is 27.8 Å². The summed E-state index contributed by atoms with van der Waals surface area (Å²) in [4.78, 5) is 9.57. The van der Waals surface area contributed by atoms with Crippen molar-refractivity contribution < 1.29 is 14.2 Å². The van der Waals surface area contributed by atoms with Crippen LogP contribution in [0.4, 0.5) is 0 Å². The molecule has 5 rings (SSSR count). The molecule has 0 aliphatic carbocycles. The van der Waals surface area contributed by atoms with Crippen LogP contribution in [-0.4, -0.2) is 34.4 Å². The third kappa shape index (κ3) is 4.47. The number of hydrogen-bond acceptors (Lipinski definition) is 5. The number of nitrogens with zero attached hydrogens (tertiary/aromatic N) is 3.